The van der Waals surface area contributed by atoms with Crippen LogP contribution in [-0.4, -0.2) is 25.2 Å². The van der Waals surface area contributed by atoms with Gasteiger partial charge in [-0.1, -0.05) is 11.6 Å². The number of nitrogens with two attached hydrogens (primary N) is 1. The van der Waals surface area contributed by atoms with E-state index in [0.717, 1.165) is 35.3 Å². The zero-order valence-electron chi connectivity index (χ0n) is 10.2. The van der Waals surface area contributed by atoms with E-state index in [1.807, 2.05) is 18.2 Å². The fourth-order valence-corrected chi connectivity index (χ4v) is 2.09. The van der Waals surface area contributed by atoms with Crippen molar-refractivity contribution in [2.24, 2.45) is 5.73 Å². The highest BCUT2D eigenvalue weighted by atomic mass is 35.5. The minimum atomic E-state index is 0.660. The molecule has 0 saturated heterocycles. The molecule has 3 N–H and O–H groups in total. The van der Waals surface area contributed by atoms with Gasteiger partial charge in [-0.2, -0.15) is 0 Å². The van der Waals surface area contributed by atoms with E-state index in [2.05, 4.69) is 10.3 Å². The Morgan fingerprint density at radius 1 is 1.39 bits per heavy atom. The summed E-state index contributed by atoms with van der Waals surface area (Å²) in [6.07, 6.45) is 2.65. The third-order valence-electron chi connectivity index (χ3n) is 2.72. The number of hydrogen-bond acceptors (Lipinski definition) is 4. The summed E-state index contributed by atoms with van der Waals surface area (Å²) in [4.78, 5) is 4.33. The number of methoxy groups -OCH3 is 1. The fourth-order valence-electron chi connectivity index (χ4n) is 1.84. The third kappa shape index (κ3) is 2.49. The number of anilines is 1. The Balaban J connectivity index is 2.47. The minimum Gasteiger partial charge on any atom is -0.494 e. The predicted molar refractivity (Wildman–Crippen MR) is 75.5 cm³/mol. The molecule has 18 heavy (non-hydrogen) atoms. The van der Waals surface area contributed by atoms with Crippen LogP contribution in [-0.2, 0) is 0 Å². The van der Waals surface area contributed by atoms with E-state index in [9.17, 15) is 0 Å². The lowest BCUT2D eigenvalue weighted by molar-refractivity contribution is 0.419. The van der Waals surface area contributed by atoms with Gasteiger partial charge >= 0.3 is 0 Å². The van der Waals surface area contributed by atoms with Crippen molar-refractivity contribution in [3.63, 3.8) is 0 Å². The molecule has 0 aliphatic heterocycles. The van der Waals surface area contributed by atoms with Crippen LogP contribution < -0.4 is 15.8 Å². The lowest BCUT2D eigenvalue weighted by Crippen LogP contribution is -2.08. The molecule has 0 bridgehead atoms. The molecule has 0 fully saturated rings. The quantitative estimate of drug-likeness (QED) is 0.816. The second kappa shape index (κ2) is 5.89. The molecular weight excluding hydrogens is 250 g/mol. The number of benzene rings is 1. The number of halogens is 1. The average Bonchev–Trinajstić information content (AvgIpc) is 2.39. The van der Waals surface area contributed by atoms with E-state index < -0.39 is 0 Å². The second-order valence-corrected chi connectivity index (χ2v) is 4.31. The molecule has 0 aliphatic carbocycles. The van der Waals surface area contributed by atoms with Gasteiger partial charge in [-0.05, 0) is 31.2 Å². The molecule has 4 nitrogen and oxygen atoms in total. The highest BCUT2D eigenvalue weighted by Crippen LogP contribution is 2.34. The molecule has 0 spiro atoms. The van der Waals surface area contributed by atoms with Crippen LogP contribution in [0.4, 0.5) is 5.69 Å². The molecule has 0 saturated carbocycles. The number of nitrogens with zero attached hydrogens (tertiary/aromatic N) is 1. The van der Waals surface area contributed by atoms with Crippen molar-refractivity contribution in [2.75, 3.05) is 25.5 Å². The standard InChI is InChI=1S/C13H16ClN3O/c1-18-11-4-3-9(14)12-10(16-7-2-6-15)5-8-17-13(11)12/h3-5,8H,2,6-7,15H2,1H3,(H,16,17). The molecule has 0 amide bonds. The van der Waals surface area contributed by atoms with Crippen molar-refractivity contribution < 1.29 is 4.74 Å². The van der Waals surface area contributed by atoms with Gasteiger partial charge in [0.15, 0.2) is 0 Å². The molecule has 1 aromatic carbocycles. The number of fused-ring (bicyclic) bond motifs is 1. The van der Waals surface area contributed by atoms with Gasteiger partial charge in [0, 0.05) is 23.8 Å². The molecule has 1 heterocycles. The Hall–Kier alpha value is -1.52. The molecule has 1 aromatic heterocycles. The zero-order chi connectivity index (χ0) is 13.0. The van der Waals surface area contributed by atoms with Gasteiger partial charge in [0.05, 0.1) is 12.1 Å². The second-order valence-electron chi connectivity index (χ2n) is 3.90. The van der Waals surface area contributed by atoms with Crippen LogP contribution in [0, 0.1) is 0 Å². The SMILES string of the molecule is COc1ccc(Cl)c2c(NCCCN)ccnc12. The lowest BCUT2D eigenvalue weighted by atomic mass is 10.1. The Kier molecular flexibility index (Phi) is 4.23. The molecule has 0 radical (unpaired) electrons. The number of rotatable bonds is 5. The van der Waals surface area contributed by atoms with Crippen molar-refractivity contribution in [2.45, 2.75) is 6.42 Å². The van der Waals surface area contributed by atoms with Gasteiger partial charge in [0.25, 0.3) is 0 Å². The Labute approximate surface area is 111 Å². The van der Waals surface area contributed by atoms with Crippen LogP contribution in [0.5, 0.6) is 5.75 Å². The largest absolute Gasteiger partial charge is 0.494 e. The molecule has 2 aromatic rings. The number of hydrogen-bond donors (Lipinski definition) is 2. The first-order chi connectivity index (χ1) is 8.77. The summed E-state index contributed by atoms with van der Waals surface area (Å²) in [5.41, 5.74) is 7.20. The monoisotopic (exact) mass is 265 g/mol. The van der Waals surface area contributed by atoms with Gasteiger partial charge in [0.2, 0.25) is 0 Å². The van der Waals surface area contributed by atoms with Gasteiger partial charge in [-0.25, -0.2) is 0 Å². The van der Waals surface area contributed by atoms with E-state index in [1.165, 1.54) is 0 Å². The number of ether oxygens (including phenoxy) is 1. The minimum absolute atomic E-state index is 0.660. The summed E-state index contributed by atoms with van der Waals surface area (Å²) < 4.78 is 5.29. The highest BCUT2D eigenvalue weighted by Gasteiger charge is 2.10. The van der Waals surface area contributed by atoms with Crippen LogP contribution in [0.15, 0.2) is 24.4 Å². The number of pyridine rings is 1. The van der Waals surface area contributed by atoms with Gasteiger partial charge in [-0.15, -0.1) is 0 Å². The maximum atomic E-state index is 6.24. The van der Waals surface area contributed by atoms with Crippen molar-refractivity contribution in [3.8, 4) is 5.75 Å². The van der Waals surface area contributed by atoms with E-state index in [0.29, 0.717) is 11.6 Å². The molecule has 5 heteroatoms. The van der Waals surface area contributed by atoms with Crippen LogP contribution in [0.1, 0.15) is 6.42 Å². The summed E-state index contributed by atoms with van der Waals surface area (Å²) in [6.45, 7) is 1.47. The molecule has 0 atom stereocenters. The predicted octanol–water partition coefficient (Wildman–Crippen LogP) is 2.66. The van der Waals surface area contributed by atoms with Crippen LogP contribution >= 0.6 is 11.6 Å². The van der Waals surface area contributed by atoms with E-state index in [4.69, 9.17) is 22.1 Å². The topological polar surface area (TPSA) is 60.2 Å². The molecule has 96 valence electrons. The van der Waals surface area contributed by atoms with Gasteiger partial charge < -0.3 is 15.8 Å². The molecule has 0 unspecified atom stereocenters. The maximum absolute atomic E-state index is 6.24. The van der Waals surface area contributed by atoms with Crippen molar-refractivity contribution in [1.29, 1.82) is 0 Å². The molecular formula is C13H16ClN3O. The third-order valence-corrected chi connectivity index (χ3v) is 3.04. The smallest absolute Gasteiger partial charge is 0.145 e. The van der Waals surface area contributed by atoms with Crippen molar-refractivity contribution in [3.05, 3.63) is 29.4 Å². The number of nitrogens with one attached hydrogen (secondary N) is 1. The van der Waals surface area contributed by atoms with Crippen molar-refractivity contribution >= 4 is 28.2 Å². The lowest BCUT2D eigenvalue weighted by Gasteiger charge is -2.12. The zero-order valence-corrected chi connectivity index (χ0v) is 11.0. The van der Waals surface area contributed by atoms with Gasteiger partial charge in [0.1, 0.15) is 11.3 Å². The summed E-state index contributed by atoms with van der Waals surface area (Å²) in [6, 6.07) is 5.55. The summed E-state index contributed by atoms with van der Waals surface area (Å²) >= 11 is 6.24. The highest BCUT2D eigenvalue weighted by molar-refractivity contribution is 6.36. The molecule has 2 rings (SSSR count). The average molecular weight is 266 g/mol. The Morgan fingerprint density at radius 3 is 2.94 bits per heavy atom. The summed E-state index contributed by atoms with van der Waals surface area (Å²) in [5.74, 6) is 0.719. The van der Waals surface area contributed by atoms with E-state index in [1.54, 1.807) is 13.3 Å². The first kappa shape index (κ1) is 12.9. The van der Waals surface area contributed by atoms with Crippen LogP contribution in [0.2, 0.25) is 5.02 Å². The summed E-state index contributed by atoms with van der Waals surface area (Å²) in [7, 11) is 1.62. The Morgan fingerprint density at radius 2 is 2.22 bits per heavy atom. The number of aromatic nitrogens is 1. The normalized spacial score (nSPS) is 10.6. The Bertz CT molecular complexity index is 545. The van der Waals surface area contributed by atoms with Crippen molar-refractivity contribution in [1.82, 2.24) is 4.98 Å². The summed E-state index contributed by atoms with van der Waals surface area (Å²) in [5, 5.41) is 4.87. The maximum Gasteiger partial charge on any atom is 0.145 e. The first-order valence-electron chi connectivity index (χ1n) is 5.83. The van der Waals surface area contributed by atoms with E-state index in [-0.39, 0.29) is 0 Å². The van der Waals surface area contributed by atoms with Crippen LogP contribution in [0.25, 0.3) is 10.9 Å². The first-order valence-corrected chi connectivity index (χ1v) is 6.21. The fraction of sp³-hybridized carbons (Fsp3) is 0.308. The van der Waals surface area contributed by atoms with Crippen LogP contribution in [0.3, 0.4) is 0 Å². The van der Waals surface area contributed by atoms with Gasteiger partial charge in [-0.3, -0.25) is 4.98 Å². The molecule has 0 aliphatic rings. The van der Waals surface area contributed by atoms with E-state index >= 15 is 0 Å².